The molecular formula is C90H198O18Ti6-6. The molecule has 0 aliphatic carbocycles. The number of phenols is 3. The molecule has 696 valence electrons. The van der Waals surface area contributed by atoms with E-state index in [4.69, 9.17) is 91.9 Å². The Kier molecular flexibility index (Phi) is 333. The summed E-state index contributed by atoms with van der Waals surface area (Å²) in [6, 6.07) is 26.1. The van der Waals surface area contributed by atoms with Gasteiger partial charge in [-0.1, -0.05) is 171 Å². The summed E-state index contributed by atoms with van der Waals surface area (Å²) in [6.45, 7) is 73.1. The molecule has 0 heterocycles. The maximum absolute atomic E-state index is 8.63. The van der Waals surface area contributed by atoms with Crippen molar-refractivity contribution >= 4 is 0 Å². The molecule has 0 aliphatic rings. The smallest absolute Gasteiger partial charge is 0.115 e. The summed E-state index contributed by atoms with van der Waals surface area (Å²) < 4.78 is 0. The van der Waals surface area contributed by atoms with E-state index in [0.29, 0.717) is 74.6 Å². The van der Waals surface area contributed by atoms with Crippen molar-refractivity contribution in [2.75, 3.05) is 61.0 Å². The molecule has 18 nitrogen and oxygen atoms in total. The molecule has 114 heavy (non-hydrogen) atoms. The first-order valence-electron chi connectivity index (χ1n) is 38.8. The first-order valence-corrected chi connectivity index (χ1v) is 38.8. The average Bonchev–Trinajstić information content (AvgIpc) is 1.02. The molecule has 0 aliphatic heterocycles. The zero-order valence-electron chi connectivity index (χ0n) is 81.6. The molecule has 0 spiro atoms. The summed E-state index contributed by atoms with van der Waals surface area (Å²) in [5.41, 5.74) is -1.50. The third-order valence-corrected chi connectivity index (χ3v) is 6.94. The summed E-state index contributed by atoms with van der Waals surface area (Å²) >= 11 is 0. The van der Waals surface area contributed by atoms with Crippen molar-refractivity contribution in [3.05, 3.63) is 129 Å². The Balaban J connectivity index is -0.0000000278. The molecule has 0 fully saturated rings. The van der Waals surface area contributed by atoms with Crippen LogP contribution in [0.5, 0.6) is 17.2 Å². The topological polar surface area (TPSA) is 364 Å². The number of rotatable bonds is 14. The normalized spacial score (nSPS) is 8.26. The molecule has 0 bridgehead atoms. The zero-order chi connectivity index (χ0) is 91.4. The van der Waals surface area contributed by atoms with Crippen molar-refractivity contribution in [1.29, 1.82) is 0 Å². The summed E-state index contributed by atoms with van der Waals surface area (Å²) in [4.78, 5) is 0. The Morgan fingerprint density at radius 1 is 0.289 bits per heavy atom. The second-order valence-corrected chi connectivity index (χ2v) is 27.3. The quantitative estimate of drug-likeness (QED) is 0.0526. The van der Waals surface area contributed by atoms with Crippen molar-refractivity contribution in [3.63, 3.8) is 0 Å². The van der Waals surface area contributed by atoms with Gasteiger partial charge in [0.1, 0.15) is 17.2 Å². The summed E-state index contributed by atoms with van der Waals surface area (Å²) in [7, 11) is 3.00. The molecule has 3 aromatic carbocycles. The van der Waals surface area contributed by atoms with E-state index in [1.54, 1.807) is 177 Å². The third-order valence-electron chi connectivity index (χ3n) is 6.94. The standard InChI is InChI=1S/3C6H6O.9C4H10O.6C4H9.3C3H8O.3CH4O.6Ti/c3*7-6-4-2-1-3-5-6;3*1-4(2,3)5;3*1-4(2)3-5;3*1-2-3-4-5;1-4(2)3;5*1-3-4-2;3*1-3(2)4;3*1-2;;;;;;/h3*1-5,7H;3*5H,1-3H3;3*4-5H,3H2,1-2H3;3*5H,2-4H2,1H3;1-3H3;5*3H,4H2,1-2H3;3*3-4H,1-2H3;3*2H,1H3;;;;;;/q;;;;;;;;;;;;6*-1;;;;;;;;;;;;. The maximum Gasteiger partial charge on any atom is 0.115 e. The van der Waals surface area contributed by atoms with Crippen LogP contribution in [-0.2, 0) is 130 Å². The molecule has 0 saturated heterocycles. The van der Waals surface area contributed by atoms with E-state index in [2.05, 4.69) is 143 Å². The van der Waals surface area contributed by atoms with Gasteiger partial charge in [-0.2, -0.15) is 87.5 Å². The van der Waals surface area contributed by atoms with Gasteiger partial charge in [0.2, 0.25) is 0 Å². The maximum atomic E-state index is 8.63. The SMILES string of the molecule is CC(C)(C)O.CC(C)(C)O.CC(C)(C)O.CC(C)CO.CC(C)CO.CC(C)CO.CC(C)O.CC(C)O.CC(C)O.CCCCO.CCCCO.CCCCO.CO.CO.CO.C[C-](C)C.C[CH-]CC.C[CH-]CC.C[CH-]CC.C[CH-]CC.C[CH-]CC.Oc1ccccc1.Oc1ccccc1.Oc1ccccc1.[Ti].[Ti].[Ti].[Ti].[Ti].[Ti]. The minimum absolute atomic E-state index is 0. The molecule has 18 N–H and O–H groups in total. The minimum Gasteiger partial charge on any atom is -0.508 e. The average molecular weight is 1860 g/mol. The van der Waals surface area contributed by atoms with Crippen LogP contribution in [0.15, 0.2) is 91.0 Å². The molecule has 0 aromatic heterocycles. The first kappa shape index (κ1) is 193. The first-order chi connectivity index (χ1) is 49.7. The van der Waals surface area contributed by atoms with E-state index in [1.807, 2.05) is 59.7 Å². The van der Waals surface area contributed by atoms with Crippen LogP contribution in [0, 0.1) is 55.8 Å². The Morgan fingerprint density at radius 3 is 0.386 bits per heavy atom. The van der Waals surface area contributed by atoms with E-state index in [0.717, 1.165) is 59.9 Å². The van der Waals surface area contributed by atoms with E-state index < -0.39 is 16.8 Å². The fourth-order valence-corrected chi connectivity index (χ4v) is 1.76. The predicted octanol–water partition coefficient (Wildman–Crippen LogP) is 20.4. The molecule has 3 aromatic rings. The Labute approximate surface area is 801 Å². The fraction of sp³-hybridized carbons (Fsp3) is 0.733. The number of aliphatic hydroxyl groups is 15. The van der Waals surface area contributed by atoms with Crippen molar-refractivity contribution in [2.45, 2.75) is 362 Å². The number of hydrogen-bond donors (Lipinski definition) is 18. The molecule has 0 amide bonds. The second-order valence-electron chi connectivity index (χ2n) is 27.3. The van der Waals surface area contributed by atoms with E-state index in [9.17, 15) is 0 Å². The van der Waals surface area contributed by atoms with Gasteiger partial charge in [0, 0.05) is 210 Å². The summed E-state index contributed by atoms with van der Waals surface area (Å²) in [6.07, 6.45) is 22.2. The molecule has 24 heteroatoms. The third kappa shape index (κ3) is 808. The fourth-order valence-electron chi connectivity index (χ4n) is 1.76. The van der Waals surface area contributed by atoms with Crippen LogP contribution < -0.4 is 0 Å². The zero-order valence-corrected chi connectivity index (χ0v) is 91.0. The van der Waals surface area contributed by atoms with E-state index >= 15 is 0 Å². The monoisotopic (exact) mass is 1860 g/mol. The molecule has 3 rings (SSSR count). The number of phenolic OH excluding ortho intramolecular Hbond substituents is 3. The van der Waals surface area contributed by atoms with Gasteiger partial charge in [0.25, 0.3) is 0 Å². The number of hydrogen-bond acceptors (Lipinski definition) is 18. The summed E-state index contributed by atoms with van der Waals surface area (Å²) in [5.74, 6) is 3.70. The van der Waals surface area contributed by atoms with Crippen molar-refractivity contribution in [1.82, 2.24) is 0 Å². The number of benzene rings is 3. The molecule has 0 radical (unpaired) electrons. The minimum atomic E-state index is -0.500. The Hall–Kier alpha value is 0.746. The van der Waals surface area contributed by atoms with Crippen LogP contribution in [-0.4, -0.2) is 188 Å². The number of unbranched alkanes of at least 4 members (excludes halogenated alkanes) is 8. The molecule has 0 atom stereocenters. The van der Waals surface area contributed by atoms with E-state index in [-0.39, 0.29) is 149 Å². The van der Waals surface area contributed by atoms with Crippen molar-refractivity contribution in [3.8, 4) is 17.2 Å². The van der Waals surface area contributed by atoms with Crippen LogP contribution in [0.2, 0.25) is 0 Å². The van der Waals surface area contributed by atoms with Gasteiger partial charge in [-0.25, -0.2) is 0 Å². The van der Waals surface area contributed by atoms with Gasteiger partial charge < -0.3 is 130 Å². The molecular weight excluding hydrogens is 1660 g/mol. The van der Waals surface area contributed by atoms with Crippen LogP contribution in [0.25, 0.3) is 0 Å². The van der Waals surface area contributed by atoms with Crippen LogP contribution >= 0.6 is 0 Å². The Bertz CT molecular complexity index is 1340. The number of para-hydroxylation sites is 3. The van der Waals surface area contributed by atoms with Crippen LogP contribution in [0.1, 0.15) is 327 Å². The van der Waals surface area contributed by atoms with Gasteiger partial charge in [0.15, 0.2) is 0 Å². The predicted molar refractivity (Wildman–Crippen MR) is 480 cm³/mol. The Morgan fingerprint density at radius 2 is 0.368 bits per heavy atom. The second kappa shape index (κ2) is 197. The molecule has 0 unspecified atom stereocenters. The van der Waals surface area contributed by atoms with Gasteiger partial charge >= 0.3 is 0 Å². The van der Waals surface area contributed by atoms with E-state index in [1.165, 1.54) is 38.0 Å². The number of aromatic hydroxyl groups is 3. The van der Waals surface area contributed by atoms with Gasteiger partial charge in [0.05, 0.1) is 16.8 Å². The van der Waals surface area contributed by atoms with Crippen molar-refractivity contribution in [2.24, 2.45) is 17.8 Å². The van der Waals surface area contributed by atoms with Crippen LogP contribution in [0.3, 0.4) is 0 Å². The number of aliphatic hydroxyl groups excluding tert-OH is 12. The van der Waals surface area contributed by atoms with Crippen LogP contribution in [0.4, 0.5) is 0 Å². The molecule has 0 saturated carbocycles. The van der Waals surface area contributed by atoms with Gasteiger partial charge in [-0.15, -0.1) is 0 Å². The largest absolute Gasteiger partial charge is 0.508 e. The van der Waals surface area contributed by atoms with Gasteiger partial charge in [-0.05, 0) is 177 Å². The van der Waals surface area contributed by atoms with Crippen molar-refractivity contribution < 1.29 is 222 Å². The van der Waals surface area contributed by atoms with Gasteiger partial charge in [-0.3, -0.25) is 0 Å². The summed E-state index contributed by atoms with van der Waals surface area (Å²) in [5, 5.41) is 145.